The number of rotatable bonds is 12. The summed E-state index contributed by atoms with van der Waals surface area (Å²) in [5.41, 5.74) is 0.289. The lowest BCUT2D eigenvalue weighted by atomic mass is 10.1. The van der Waals surface area contributed by atoms with Crippen LogP contribution in [0, 0.1) is 0 Å². The first kappa shape index (κ1) is 37.5. The van der Waals surface area contributed by atoms with Gasteiger partial charge in [0.1, 0.15) is 10.9 Å². The average Bonchev–Trinajstić information content (AvgIpc) is 3.15. The highest BCUT2D eigenvalue weighted by molar-refractivity contribution is 8.00. The molecule has 0 fully saturated rings. The van der Waals surface area contributed by atoms with E-state index >= 15 is 0 Å². The van der Waals surface area contributed by atoms with Crippen LogP contribution in [0.5, 0.6) is 11.5 Å². The van der Waals surface area contributed by atoms with Gasteiger partial charge in [-0.3, -0.25) is 14.4 Å². The molecule has 0 aliphatic heterocycles. The lowest BCUT2D eigenvalue weighted by molar-refractivity contribution is -0.137. The van der Waals surface area contributed by atoms with E-state index in [1.54, 1.807) is 103 Å². The number of carbonyl (C=O) groups is 3. The highest BCUT2D eigenvalue weighted by Crippen LogP contribution is 2.40. The van der Waals surface area contributed by atoms with Crippen molar-refractivity contribution >= 4 is 58.5 Å². The van der Waals surface area contributed by atoms with Gasteiger partial charge in [-0.05, 0) is 83.9 Å². The zero-order valence-corrected chi connectivity index (χ0v) is 29.2. The SMILES string of the molecule is COc1ccc(/C=C(\NC(=O)c2ccccc2)C(=O)Nc2ccc(SC(C(=O)Nc3ccc(Cl)cc3C(F)(F)F)c3ccccc3)cc2)cc1OC. The smallest absolute Gasteiger partial charge is 0.418 e. The van der Waals surface area contributed by atoms with Gasteiger partial charge in [0, 0.05) is 21.2 Å². The molecule has 5 aromatic carbocycles. The van der Waals surface area contributed by atoms with Gasteiger partial charge in [0.25, 0.3) is 11.8 Å². The van der Waals surface area contributed by atoms with E-state index in [9.17, 15) is 27.6 Å². The maximum atomic E-state index is 13.8. The van der Waals surface area contributed by atoms with Crippen molar-refractivity contribution in [2.45, 2.75) is 16.3 Å². The van der Waals surface area contributed by atoms with E-state index in [-0.39, 0.29) is 10.7 Å². The van der Waals surface area contributed by atoms with Crippen LogP contribution in [-0.2, 0) is 15.8 Å². The molecule has 0 saturated carbocycles. The highest BCUT2D eigenvalue weighted by Gasteiger charge is 2.35. The summed E-state index contributed by atoms with van der Waals surface area (Å²) in [4.78, 5) is 40.8. The number of hydrogen-bond acceptors (Lipinski definition) is 6. The Morgan fingerprint density at radius 3 is 2.06 bits per heavy atom. The molecule has 0 saturated heterocycles. The zero-order chi connectivity index (χ0) is 37.3. The predicted molar refractivity (Wildman–Crippen MR) is 197 cm³/mol. The Morgan fingerprint density at radius 2 is 1.42 bits per heavy atom. The third-order valence-corrected chi connectivity index (χ3v) is 9.00. The van der Waals surface area contributed by atoms with Crippen molar-refractivity contribution in [2.24, 2.45) is 0 Å². The largest absolute Gasteiger partial charge is 0.493 e. The Bertz CT molecular complexity index is 2080. The van der Waals surface area contributed by atoms with Crippen LogP contribution in [0.25, 0.3) is 6.08 Å². The van der Waals surface area contributed by atoms with Crippen molar-refractivity contribution < 1.29 is 37.0 Å². The third kappa shape index (κ3) is 9.74. The number of hydrogen-bond donors (Lipinski definition) is 3. The van der Waals surface area contributed by atoms with Crippen molar-refractivity contribution in [1.82, 2.24) is 5.32 Å². The molecule has 0 aromatic heterocycles. The van der Waals surface area contributed by atoms with Gasteiger partial charge in [-0.15, -0.1) is 11.8 Å². The predicted octanol–water partition coefficient (Wildman–Crippen LogP) is 9.26. The highest BCUT2D eigenvalue weighted by atomic mass is 35.5. The number of nitrogens with one attached hydrogen (secondary N) is 3. The van der Waals surface area contributed by atoms with Crippen LogP contribution in [0.15, 0.2) is 132 Å². The monoisotopic (exact) mass is 745 g/mol. The number of ether oxygens (including phenoxy) is 2. The summed E-state index contributed by atoms with van der Waals surface area (Å²) in [6, 6.07) is 31.7. The van der Waals surface area contributed by atoms with E-state index in [0.29, 0.717) is 38.8 Å². The maximum Gasteiger partial charge on any atom is 0.418 e. The van der Waals surface area contributed by atoms with Gasteiger partial charge in [-0.1, -0.05) is 66.2 Å². The van der Waals surface area contributed by atoms with Crippen LogP contribution < -0.4 is 25.4 Å². The van der Waals surface area contributed by atoms with E-state index in [1.165, 1.54) is 26.4 Å². The lowest BCUT2D eigenvalue weighted by Crippen LogP contribution is -2.30. The van der Waals surface area contributed by atoms with Crippen LogP contribution in [-0.4, -0.2) is 31.9 Å². The van der Waals surface area contributed by atoms with Crippen molar-refractivity contribution in [3.8, 4) is 11.5 Å². The molecule has 0 spiro atoms. The fraction of sp³-hybridized carbons (Fsp3) is 0.103. The number of alkyl halides is 3. The van der Waals surface area contributed by atoms with E-state index in [2.05, 4.69) is 16.0 Å². The molecule has 0 aliphatic carbocycles. The molecule has 52 heavy (non-hydrogen) atoms. The van der Waals surface area contributed by atoms with Crippen molar-refractivity contribution in [2.75, 3.05) is 24.9 Å². The quantitative estimate of drug-likeness (QED) is 0.0869. The summed E-state index contributed by atoms with van der Waals surface area (Å²) in [5.74, 6) is -0.889. The van der Waals surface area contributed by atoms with Crippen molar-refractivity contribution in [3.05, 3.63) is 154 Å². The van der Waals surface area contributed by atoms with Gasteiger partial charge < -0.3 is 25.4 Å². The first-order chi connectivity index (χ1) is 24.9. The van der Waals surface area contributed by atoms with E-state index in [0.717, 1.165) is 23.9 Å². The van der Waals surface area contributed by atoms with E-state index in [4.69, 9.17) is 21.1 Å². The number of thioether (sulfide) groups is 1. The number of amides is 3. The van der Waals surface area contributed by atoms with Gasteiger partial charge in [0.2, 0.25) is 5.91 Å². The Morgan fingerprint density at radius 1 is 0.769 bits per heavy atom. The van der Waals surface area contributed by atoms with Crippen LogP contribution in [0.2, 0.25) is 5.02 Å². The molecular formula is C39H31ClF3N3O5S. The number of carbonyl (C=O) groups excluding carboxylic acids is 3. The molecule has 5 aromatic rings. The number of halogens is 4. The summed E-state index contributed by atoms with van der Waals surface area (Å²) in [6.45, 7) is 0. The summed E-state index contributed by atoms with van der Waals surface area (Å²) in [7, 11) is 2.98. The van der Waals surface area contributed by atoms with Gasteiger partial charge in [0.15, 0.2) is 11.5 Å². The minimum atomic E-state index is -4.75. The first-order valence-corrected chi connectivity index (χ1v) is 16.8. The second kappa shape index (κ2) is 17.0. The van der Waals surface area contributed by atoms with Crippen LogP contribution in [0.4, 0.5) is 24.5 Å². The second-order valence-electron chi connectivity index (χ2n) is 11.1. The van der Waals surface area contributed by atoms with Crippen molar-refractivity contribution in [3.63, 3.8) is 0 Å². The Balaban J connectivity index is 1.37. The summed E-state index contributed by atoms with van der Waals surface area (Å²) >= 11 is 6.93. The number of anilines is 2. The van der Waals surface area contributed by atoms with Gasteiger partial charge >= 0.3 is 6.18 Å². The molecule has 1 unspecified atom stereocenters. The minimum absolute atomic E-state index is 0.0548. The van der Waals surface area contributed by atoms with Crippen molar-refractivity contribution in [1.29, 1.82) is 0 Å². The molecule has 0 bridgehead atoms. The first-order valence-electron chi connectivity index (χ1n) is 15.6. The third-order valence-electron chi connectivity index (χ3n) is 7.50. The van der Waals surface area contributed by atoms with E-state index in [1.807, 2.05) is 0 Å². The maximum absolute atomic E-state index is 13.8. The normalized spacial score (nSPS) is 12.0. The fourth-order valence-corrected chi connectivity index (χ4v) is 6.16. The Hall–Kier alpha value is -5.72. The molecule has 3 N–H and O–H groups in total. The lowest BCUT2D eigenvalue weighted by Gasteiger charge is -2.20. The fourth-order valence-electron chi connectivity index (χ4n) is 4.96. The molecular weight excluding hydrogens is 715 g/mol. The molecule has 0 radical (unpaired) electrons. The number of methoxy groups -OCH3 is 2. The minimum Gasteiger partial charge on any atom is -0.493 e. The zero-order valence-electron chi connectivity index (χ0n) is 27.7. The van der Waals surface area contributed by atoms with Crippen LogP contribution >= 0.6 is 23.4 Å². The Kier molecular flexibility index (Phi) is 12.3. The summed E-state index contributed by atoms with van der Waals surface area (Å²) in [5, 5.41) is 6.83. The van der Waals surface area contributed by atoms with Gasteiger partial charge in [-0.25, -0.2) is 0 Å². The van der Waals surface area contributed by atoms with Gasteiger partial charge in [-0.2, -0.15) is 13.2 Å². The molecule has 1 atom stereocenters. The molecule has 5 rings (SSSR count). The molecule has 3 amide bonds. The number of benzene rings is 5. The van der Waals surface area contributed by atoms with Crippen LogP contribution in [0.1, 0.15) is 32.3 Å². The average molecular weight is 746 g/mol. The molecule has 0 aliphatic rings. The molecule has 266 valence electrons. The second-order valence-corrected chi connectivity index (χ2v) is 12.7. The van der Waals surface area contributed by atoms with Crippen LogP contribution in [0.3, 0.4) is 0 Å². The summed E-state index contributed by atoms with van der Waals surface area (Å²) in [6.07, 6.45) is -3.25. The molecule has 0 heterocycles. The molecule has 8 nitrogen and oxygen atoms in total. The molecule has 13 heteroatoms. The standard InChI is InChI=1S/C39H31ClF3N3O5S/c1-50-33-20-13-24(22-34(33)51-2)21-32(46-36(47)26-11-7-4-8-12-26)37(48)44-28-15-17-29(18-16-28)52-35(25-9-5-3-6-10-25)38(49)45-31-19-14-27(40)23-30(31)39(41,42)43/h3-23,35H,1-2H3,(H,44,48)(H,45,49)(H,46,47)/b32-21-. The topological polar surface area (TPSA) is 106 Å². The summed E-state index contributed by atoms with van der Waals surface area (Å²) < 4.78 is 52.0. The van der Waals surface area contributed by atoms with Gasteiger partial charge in [0.05, 0.1) is 25.5 Å². The van der Waals surface area contributed by atoms with E-state index < -0.39 is 40.4 Å². The Labute approximate surface area is 307 Å².